The number of nitrogens with one attached hydrogen (secondary N) is 1. The summed E-state index contributed by atoms with van der Waals surface area (Å²) in [5, 5.41) is 1.46. The van der Waals surface area contributed by atoms with Crippen molar-refractivity contribution in [2.45, 2.75) is 24.9 Å². The number of aromatic amines is 1. The van der Waals surface area contributed by atoms with E-state index in [1.54, 1.807) is 0 Å². The average Bonchev–Trinajstić information content (AvgIpc) is 2.95. The van der Waals surface area contributed by atoms with E-state index in [0.717, 1.165) is 20.9 Å². The van der Waals surface area contributed by atoms with Gasteiger partial charge in [-0.3, -0.25) is 0 Å². The van der Waals surface area contributed by atoms with Crippen molar-refractivity contribution >= 4 is 25.4 Å². The fraction of sp³-hybridized carbons (Fsp3) is 0.438. The first-order chi connectivity index (χ1) is 9.14. The molecule has 19 heavy (non-hydrogen) atoms. The van der Waals surface area contributed by atoms with Gasteiger partial charge in [-0.05, 0) is 31.6 Å². The molecule has 1 fully saturated rings. The highest BCUT2D eigenvalue weighted by molar-refractivity contribution is 7.35. The number of rotatable bonds is 3. The summed E-state index contributed by atoms with van der Waals surface area (Å²) < 4.78 is 0. The topological polar surface area (TPSA) is 19.0 Å². The molecule has 2 atom stereocenters. The van der Waals surface area contributed by atoms with Crippen LogP contribution in [-0.2, 0) is 11.6 Å². The molecule has 1 saturated heterocycles. The molecule has 3 rings (SSSR count). The third-order valence-corrected chi connectivity index (χ3v) is 5.05. The molecule has 2 heterocycles. The van der Waals surface area contributed by atoms with Crippen LogP contribution in [-0.4, -0.2) is 36.3 Å². The van der Waals surface area contributed by atoms with Crippen molar-refractivity contribution in [3.8, 4) is 0 Å². The van der Waals surface area contributed by atoms with Gasteiger partial charge in [0, 0.05) is 34.6 Å². The van der Waals surface area contributed by atoms with Crippen LogP contribution in [0.2, 0.25) is 0 Å². The van der Waals surface area contributed by atoms with E-state index in [1.165, 1.54) is 35.0 Å². The van der Waals surface area contributed by atoms with Crippen LogP contribution >= 0.6 is 8.20 Å². The van der Waals surface area contributed by atoms with Gasteiger partial charge in [0.1, 0.15) is 6.16 Å². The van der Waals surface area contributed by atoms with Crippen molar-refractivity contribution in [2.75, 3.05) is 20.1 Å². The lowest BCUT2D eigenvalue weighted by atomic mass is 9.81. The summed E-state index contributed by atoms with van der Waals surface area (Å²) in [7, 11) is 2.95. The highest BCUT2D eigenvalue weighted by Crippen LogP contribution is 2.39. The van der Waals surface area contributed by atoms with Gasteiger partial charge < -0.3 is 9.88 Å². The Morgan fingerprint density at radius 3 is 3.00 bits per heavy atom. The second-order valence-electron chi connectivity index (χ2n) is 6.02. The van der Waals surface area contributed by atoms with Crippen LogP contribution in [0.4, 0.5) is 0 Å². The van der Waals surface area contributed by atoms with Gasteiger partial charge in [-0.2, -0.15) is 0 Å². The Bertz CT molecular complexity index is 616. The van der Waals surface area contributed by atoms with Crippen molar-refractivity contribution in [1.82, 2.24) is 9.88 Å². The first-order valence-electron chi connectivity index (χ1n) is 6.92. The number of hydrogen-bond acceptors (Lipinski definition) is 1. The summed E-state index contributed by atoms with van der Waals surface area (Å²) in [4.78, 5) is 5.90. The minimum atomic E-state index is 0.285. The van der Waals surface area contributed by atoms with Gasteiger partial charge in [0.25, 0.3) is 0 Å². The zero-order valence-electron chi connectivity index (χ0n) is 11.8. The third-order valence-electron chi connectivity index (χ3n) is 4.42. The molecule has 0 amide bonds. The van der Waals surface area contributed by atoms with Crippen LogP contribution in [0.5, 0.6) is 0 Å². The lowest BCUT2D eigenvalue weighted by Crippen LogP contribution is -2.25. The van der Waals surface area contributed by atoms with Gasteiger partial charge in [0.2, 0.25) is 0 Å². The minimum absolute atomic E-state index is 0.285. The molecule has 100 valence electrons. The van der Waals surface area contributed by atoms with Crippen molar-refractivity contribution in [1.29, 1.82) is 0 Å². The van der Waals surface area contributed by atoms with E-state index < -0.39 is 0 Å². The monoisotopic (exact) mass is 273 g/mol. The molecule has 0 bridgehead atoms. The fourth-order valence-corrected chi connectivity index (χ4v) is 3.99. The standard InChI is InChI=1S/C16H21N2P/c1-16(7-8-18(2)11-16)13-9-17-14-6-4-5-12(10-19-3)15(13)14/h4-6,9,17H,3,7-8,10-11H2,1-2H3/p+1. The number of hydrogen-bond donors (Lipinski definition) is 1. The average molecular weight is 273 g/mol. The summed E-state index contributed by atoms with van der Waals surface area (Å²) in [6, 6.07) is 6.61. The van der Waals surface area contributed by atoms with E-state index in [-0.39, 0.29) is 5.41 Å². The molecule has 0 spiro atoms. The maximum absolute atomic E-state index is 4.04. The molecular formula is C16H22N2P+. The largest absolute Gasteiger partial charge is 0.361 e. The molecule has 1 aromatic heterocycles. The molecule has 2 unspecified atom stereocenters. The summed E-state index contributed by atoms with van der Waals surface area (Å²) in [5.41, 5.74) is 4.52. The molecule has 0 aliphatic carbocycles. The number of likely N-dealkylation sites (tertiary alicyclic amines) is 1. The smallest absolute Gasteiger partial charge is 0.129 e. The summed E-state index contributed by atoms with van der Waals surface area (Å²) in [5.74, 6) is 0. The van der Waals surface area contributed by atoms with Gasteiger partial charge >= 0.3 is 0 Å². The second kappa shape index (κ2) is 4.77. The Labute approximate surface area is 116 Å². The normalized spacial score (nSPS) is 24.5. The molecule has 3 heteroatoms. The van der Waals surface area contributed by atoms with Crippen LogP contribution in [0.1, 0.15) is 24.5 Å². The van der Waals surface area contributed by atoms with Crippen molar-refractivity contribution in [3.63, 3.8) is 0 Å². The van der Waals surface area contributed by atoms with Crippen LogP contribution in [0.15, 0.2) is 24.4 Å². The Balaban J connectivity index is 2.16. The lowest BCUT2D eigenvalue weighted by molar-refractivity contribution is 0.382. The molecule has 0 radical (unpaired) electrons. The summed E-state index contributed by atoms with van der Waals surface area (Å²) in [6.07, 6.45) is 8.61. The van der Waals surface area contributed by atoms with Gasteiger partial charge in [-0.1, -0.05) is 19.1 Å². The molecule has 1 aliphatic rings. The van der Waals surface area contributed by atoms with Crippen molar-refractivity contribution in [2.24, 2.45) is 0 Å². The van der Waals surface area contributed by atoms with Gasteiger partial charge in [0.05, 0.1) is 14.5 Å². The molecule has 2 aromatic rings. The van der Waals surface area contributed by atoms with Crippen molar-refractivity contribution < 1.29 is 0 Å². The Morgan fingerprint density at radius 1 is 1.47 bits per heavy atom. The number of nitrogens with zero attached hydrogens (tertiary/aromatic N) is 1. The first kappa shape index (κ1) is 12.9. The highest BCUT2D eigenvalue weighted by atomic mass is 31.1. The van der Waals surface area contributed by atoms with E-state index >= 15 is 0 Å². The zero-order chi connectivity index (χ0) is 13.5. The van der Waals surface area contributed by atoms with Crippen molar-refractivity contribution in [3.05, 3.63) is 35.5 Å². The molecule has 0 saturated carbocycles. The minimum Gasteiger partial charge on any atom is -0.361 e. The van der Waals surface area contributed by atoms with E-state index in [0.29, 0.717) is 0 Å². The number of H-pyrrole nitrogens is 1. The number of aromatic nitrogens is 1. The molecule has 1 aliphatic heterocycles. The predicted octanol–water partition coefficient (Wildman–Crippen LogP) is 3.37. The predicted molar refractivity (Wildman–Crippen MR) is 86.9 cm³/mol. The SMILES string of the molecule is C=[PH+]Cc1cccc2[nH]cc(C3(C)CCN(C)C3)c12. The summed E-state index contributed by atoms with van der Waals surface area (Å²) in [6.45, 7) is 4.76. The number of benzene rings is 1. The van der Waals surface area contributed by atoms with E-state index in [1.807, 2.05) is 0 Å². The molecular weight excluding hydrogens is 251 g/mol. The van der Waals surface area contributed by atoms with Gasteiger partial charge in [-0.25, -0.2) is 0 Å². The van der Waals surface area contributed by atoms with E-state index in [2.05, 4.69) is 54.6 Å². The Morgan fingerprint density at radius 2 is 2.32 bits per heavy atom. The number of likely N-dealkylation sites (N-methyl/N-ethyl adjacent to an activating group) is 1. The highest BCUT2D eigenvalue weighted by Gasteiger charge is 2.35. The molecule has 1 N–H and O–H groups in total. The van der Waals surface area contributed by atoms with Crippen LogP contribution in [0.25, 0.3) is 10.9 Å². The first-order valence-corrected chi connectivity index (χ1v) is 8.33. The maximum atomic E-state index is 4.04. The zero-order valence-corrected chi connectivity index (χ0v) is 12.8. The summed E-state index contributed by atoms with van der Waals surface area (Å²) >= 11 is 0. The quantitative estimate of drug-likeness (QED) is 0.850. The van der Waals surface area contributed by atoms with Crippen LogP contribution in [0.3, 0.4) is 0 Å². The molecule has 2 nitrogen and oxygen atoms in total. The van der Waals surface area contributed by atoms with Gasteiger partial charge in [-0.15, -0.1) is 0 Å². The third kappa shape index (κ3) is 2.13. The van der Waals surface area contributed by atoms with E-state index in [9.17, 15) is 0 Å². The van der Waals surface area contributed by atoms with Crippen LogP contribution < -0.4 is 0 Å². The number of fused-ring (bicyclic) bond motifs is 1. The van der Waals surface area contributed by atoms with Gasteiger partial charge in [0.15, 0.2) is 0 Å². The fourth-order valence-electron chi connectivity index (χ4n) is 3.43. The maximum Gasteiger partial charge on any atom is 0.129 e. The van der Waals surface area contributed by atoms with E-state index in [4.69, 9.17) is 0 Å². The lowest BCUT2D eigenvalue weighted by Gasteiger charge is -2.24. The Kier molecular flexibility index (Phi) is 3.24. The molecule has 1 aromatic carbocycles. The Hall–Kier alpha value is -1.11. The van der Waals surface area contributed by atoms with Crippen LogP contribution in [0, 0.1) is 0 Å². The second-order valence-corrected chi connectivity index (χ2v) is 6.87.